The SMILES string of the molecule is Cc1oc(C)c(C(=O)N(C)C(C)(C)CO)c1C. The maximum absolute atomic E-state index is 12.4. The molecule has 1 heterocycles. The van der Waals surface area contributed by atoms with E-state index in [9.17, 15) is 9.90 Å². The van der Waals surface area contributed by atoms with Gasteiger partial charge in [0.15, 0.2) is 0 Å². The van der Waals surface area contributed by atoms with E-state index < -0.39 is 5.54 Å². The van der Waals surface area contributed by atoms with E-state index in [1.807, 2.05) is 27.7 Å². The lowest BCUT2D eigenvalue weighted by atomic mass is 10.0. The largest absolute Gasteiger partial charge is 0.466 e. The summed E-state index contributed by atoms with van der Waals surface area (Å²) in [7, 11) is 1.69. The first-order valence-electron chi connectivity index (χ1n) is 5.68. The van der Waals surface area contributed by atoms with Gasteiger partial charge in [-0.05, 0) is 34.6 Å². The lowest BCUT2D eigenvalue weighted by molar-refractivity contribution is 0.0471. The van der Waals surface area contributed by atoms with Crippen molar-refractivity contribution in [2.75, 3.05) is 13.7 Å². The zero-order valence-corrected chi connectivity index (χ0v) is 11.4. The number of amides is 1. The number of aryl methyl sites for hydroxylation is 2. The number of furan rings is 1. The van der Waals surface area contributed by atoms with E-state index in [4.69, 9.17) is 4.42 Å². The van der Waals surface area contributed by atoms with Gasteiger partial charge in [0, 0.05) is 12.6 Å². The van der Waals surface area contributed by atoms with E-state index in [2.05, 4.69) is 0 Å². The molecule has 0 aromatic carbocycles. The highest BCUT2D eigenvalue weighted by atomic mass is 16.3. The number of aliphatic hydroxyl groups excluding tert-OH is 1. The molecule has 0 saturated carbocycles. The van der Waals surface area contributed by atoms with Gasteiger partial charge in [-0.3, -0.25) is 4.79 Å². The van der Waals surface area contributed by atoms with Crippen LogP contribution < -0.4 is 0 Å². The van der Waals surface area contributed by atoms with Crippen LogP contribution in [0.1, 0.15) is 41.3 Å². The molecule has 17 heavy (non-hydrogen) atoms. The van der Waals surface area contributed by atoms with Crippen molar-refractivity contribution in [1.82, 2.24) is 4.90 Å². The third-order valence-electron chi connectivity index (χ3n) is 3.37. The number of likely N-dealkylation sites (N-methyl/N-ethyl adjacent to an activating group) is 1. The Morgan fingerprint density at radius 3 is 2.18 bits per heavy atom. The van der Waals surface area contributed by atoms with Crippen LogP contribution in [0.3, 0.4) is 0 Å². The lowest BCUT2D eigenvalue weighted by Gasteiger charge is -2.34. The molecule has 1 aromatic rings. The lowest BCUT2D eigenvalue weighted by Crippen LogP contribution is -2.47. The first-order chi connectivity index (χ1) is 7.72. The highest BCUT2D eigenvalue weighted by Crippen LogP contribution is 2.24. The van der Waals surface area contributed by atoms with Crippen LogP contribution in [0.25, 0.3) is 0 Å². The van der Waals surface area contributed by atoms with Crippen LogP contribution in [0.15, 0.2) is 4.42 Å². The van der Waals surface area contributed by atoms with Crippen molar-refractivity contribution in [3.05, 3.63) is 22.6 Å². The predicted octanol–water partition coefficient (Wildman–Crippen LogP) is 2.05. The van der Waals surface area contributed by atoms with Gasteiger partial charge in [0.2, 0.25) is 0 Å². The van der Waals surface area contributed by atoms with Crippen LogP contribution in [0, 0.1) is 20.8 Å². The molecule has 0 aliphatic carbocycles. The molecule has 96 valence electrons. The number of nitrogens with zero attached hydrogens (tertiary/aromatic N) is 1. The molecule has 0 atom stereocenters. The third-order valence-corrected chi connectivity index (χ3v) is 3.37. The van der Waals surface area contributed by atoms with Crippen LogP contribution in [0.5, 0.6) is 0 Å². The molecule has 1 amide bonds. The second-order valence-electron chi connectivity index (χ2n) is 5.05. The summed E-state index contributed by atoms with van der Waals surface area (Å²) in [5, 5.41) is 9.29. The van der Waals surface area contributed by atoms with Gasteiger partial charge in [-0.25, -0.2) is 0 Å². The molecule has 1 N–H and O–H groups in total. The van der Waals surface area contributed by atoms with Gasteiger partial charge in [-0.2, -0.15) is 0 Å². The molecule has 0 spiro atoms. The van der Waals surface area contributed by atoms with Gasteiger partial charge in [0.05, 0.1) is 17.7 Å². The highest BCUT2D eigenvalue weighted by molar-refractivity contribution is 5.97. The van der Waals surface area contributed by atoms with Crippen molar-refractivity contribution < 1.29 is 14.3 Å². The number of rotatable bonds is 3. The van der Waals surface area contributed by atoms with Crippen LogP contribution in [0.2, 0.25) is 0 Å². The Labute approximate surface area is 102 Å². The molecule has 1 rings (SSSR count). The van der Waals surface area contributed by atoms with E-state index in [1.54, 1.807) is 18.9 Å². The fraction of sp³-hybridized carbons (Fsp3) is 0.615. The number of hydrogen-bond acceptors (Lipinski definition) is 3. The summed E-state index contributed by atoms with van der Waals surface area (Å²) in [6.45, 7) is 9.07. The van der Waals surface area contributed by atoms with E-state index in [0.717, 1.165) is 11.3 Å². The number of carbonyl (C=O) groups excluding carboxylic acids is 1. The van der Waals surface area contributed by atoms with Crippen molar-refractivity contribution in [1.29, 1.82) is 0 Å². The van der Waals surface area contributed by atoms with Gasteiger partial charge in [-0.15, -0.1) is 0 Å². The fourth-order valence-corrected chi connectivity index (χ4v) is 1.66. The quantitative estimate of drug-likeness (QED) is 0.878. The van der Waals surface area contributed by atoms with E-state index >= 15 is 0 Å². The third kappa shape index (κ3) is 2.36. The van der Waals surface area contributed by atoms with Crippen LogP contribution in [-0.2, 0) is 0 Å². The summed E-state index contributed by atoms with van der Waals surface area (Å²) < 4.78 is 5.45. The zero-order valence-electron chi connectivity index (χ0n) is 11.4. The molecule has 0 aliphatic heterocycles. The van der Waals surface area contributed by atoms with Crippen molar-refractivity contribution in [3.8, 4) is 0 Å². The Hall–Kier alpha value is -1.29. The predicted molar refractivity (Wildman–Crippen MR) is 66.2 cm³/mol. The summed E-state index contributed by atoms with van der Waals surface area (Å²) in [6.07, 6.45) is 0. The Balaban J connectivity index is 3.13. The molecule has 0 aliphatic rings. The molecule has 4 nitrogen and oxygen atoms in total. The minimum atomic E-state index is -0.582. The standard InChI is InChI=1S/C13H21NO3/c1-8-9(2)17-10(3)11(8)12(16)14(6)13(4,5)7-15/h15H,7H2,1-6H3. The monoisotopic (exact) mass is 239 g/mol. The Bertz CT molecular complexity index is 432. The summed E-state index contributed by atoms with van der Waals surface area (Å²) >= 11 is 0. The first kappa shape index (κ1) is 13.8. The van der Waals surface area contributed by atoms with Gasteiger partial charge in [-0.1, -0.05) is 0 Å². The molecule has 1 aromatic heterocycles. The minimum absolute atomic E-state index is 0.0792. The van der Waals surface area contributed by atoms with Crippen molar-refractivity contribution in [2.24, 2.45) is 0 Å². The van der Waals surface area contributed by atoms with Gasteiger partial charge >= 0.3 is 0 Å². The van der Waals surface area contributed by atoms with E-state index in [1.165, 1.54) is 0 Å². The molecular weight excluding hydrogens is 218 g/mol. The summed E-state index contributed by atoms with van der Waals surface area (Å²) in [4.78, 5) is 13.9. The van der Waals surface area contributed by atoms with Crippen molar-refractivity contribution >= 4 is 5.91 Å². The zero-order chi connectivity index (χ0) is 13.4. The number of carbonyl (C=O) groups is 1. The van der Waals surface area contributed by atoms with Crippen molar-refractivity contribution in [2.45, 2.75) is 40.2 Å². The van der Waals surface area contributed by atoms with Crippen LogP contribution >= 0.6 is 0 Å². The molecule has 4 heteroatoms. The highest BCUT2D eigenvalue weighted by Gasteiger charge is 2.30. The average molecular weight is 239 g/mol. The summed E-state index contributed by atoms with van der Waals surface area (Å²) in [6, 6.07) is 0. The average Bonchev–Trinajstić information content (AvgIpc) is 2.51. The first-order valence-corrected chi connectivity index (χ1v) is 5.68. The fourth-order valence-electron chi connectivity index (χ4n) is 1.66. The molecule has 0 unspecified atom stereocenters. The minimum Gasteiger partial charge on any atom is -0.466 e. The van der Waals surface area contributed by atoms with Crippen molar-refractivity contribution in [3.63, 3.8) is 0 Å². The second kappa shape index (κ2) is 4.53. The maximum Gasteiger partial charge on any atom is 0.257 e. The molecule has 0 bridgehead atoms. The molecule has 0 saturated heterocycles. The van der Waals surface area contributed by atoms with Gasteiger partial charge in [0.25, 0.3) is 5.91 Å². The molecule has 0 fully saturated rings. The number of aliphatic hydroxyl groups is 1. The van der Waals surface area contributed by atoms with Gasteiger partial charge < -0.3 is 14.4 Å². The van der Waals surface area contributed by atoms with E-state index in [0.29, 0.717) is 11.3 Å². The molecular formula is C13H21NO3. The Kier molecular flexibility index (Phi) is 3.67. The van der Waals surface area contributed by atoms with Gasteiger partial charge in [0.1, 0.15) is 11.5 Å². The Morgan fingerprint density at radius 2 is 1.82 bits per heavy atom. The summed E-state index contributed by atoms with van der Waals surface area (Å²) in [5.74, 6) is 1.28. The van der Waals surface area contributed by atoms with Crippen LogP contribution in [-0.4, -0.2) is 35.1 Å². The molecule has 0 radical (unpaired) electrons. The maximum atomic E-state index is 12.4. The van der Waals surface area contributed by atoms with E-state index in [-0.39, 0.29) is 12.5 Å². The second-order valence-corrected chi connectivity index (χ2v) is 5.05. The summed E-state index contributed by atoms with van der Waals surface area (Å²) in [5.41, 5.74) is 0.890. The van der Waals surface area contributed by atoms with Crippen LogP contribution in [0.4, 0.5) is 0 Å². The normalized spacial score (nSPS) is 11.7. The smallest absolute Gasteiger partial charge is 0.257 e. The Morgan fingerprint density at radius 1 is 1.29 bits per heavy atom. The topological polar surface area (TPSA) is 53.7 Å². The number of hydrogen-bond donors (Lipinski definition) is 1.